The fourth-order valence-corrected chi connectivity index (χ4v) is 2.37. The summed E-state index contributed by atoms with van der Waals surface area (Å²) in [6.45, 7) is 1.54. The van der Waals surface area contributed by atoms with E-state index in [0.29, 0.717) is 19.6 Å². The van der Waals surface area contributed by atoms with E-state index in [1.54, 1.807) is 11.8 Å². The van der Waals surface area contributed by atoms with E-state index in [9.17, 15) is 4.79 Å². The Morgan fingerprint density at radius 3 is 2.88 bits per heavy atom. The topological polar surface area (TPSA) is 52.6 Å². The molecule has 0 atom stereocenters. The van der Waals surface area contributed by atoms with Gasteiger partial charge >= 0.3 is 0 Å². The van der Waals surface area contributed by atoms with Gasteiger partial charge in [0.2, 0.25) is 5.91 Å². The number of amides is 1. The van der Waals surface area contributed by atoms with Gasteiger partial charge in [-0.05, 0) is 18.4 Å². The summed E-state index contributed by atoms with van der Waals surface area (Å²) in [6, 6.07) is 7.73. The fourth-order valence-electron chi connectivity index (χ4n) is 1.81. The summed E-state index contributed by atoms with van der Waals surface area (Å²) in [6.07, 6.45) is 1.72. The Labute approximate surface area is 105 Å². The van der Waals surface area contributed by atoms with Crippen LogP contribution in [0.15, 0.2) is 29.2 Å². The third-order valence-corrected chi connectivity index (χ3v) is 3.48. The molecule has 1 aromatic rings. The zero-order valence-electron chi connectivity index (χ0n) is 9.72. The van der Waals surface area contributed by atoms with E-state index in [1.165, 1.54) is 0 Å². The SMILES string of the molecule is CSc1ccccc1NC(=O)CN1CC(O)C1. The number of rotatable bonds is 4. The quantitative estimate of drug-likeness (QED) is 0.786. The van der Waals surface area contributed by atoms with Gasteiger partial charge in [-0.1, -0.05) is 12.1 Å². The molecule has 2 rings (SSSR count). The molecule has 1 aromatic carbocycles. The Morgan fingerprint density at radius 2 is 2.24 bits per heavy atom. The standard InChI is InChI=1S/C12H16N2O2S/c1-17-11-5-3-2-4-10(11)13-12(16)8-14-6-9(15)7-14/h2-5,9,15H,6-8H2,1H3,(H,13,16). The normalized spacial score (nSPS) is 16.6. The zero-order chi connectivity index (χ0) is 12.3. The number of carbonyl (C=O) groups excluding carboxylic acids is 1. The molecule has 1 fully saturated rings. The molecule has 0 aromatic heterocycles. The summed E-state index contributed by atoms with van der Waals surface area (Å²) < 4.78 is 0. The predicted octanol–water partition coefficient (Wildman–Crippen LogP) is 1.02. The average Bonchev–Trinajstić information content (AvgIpc) is 2.27. The molecule has 0 unspecified atom stereocenters. The molecule has 1 saturated heterocycles. The Hall–Kier alpha value is -1.04. The lowest BCUT2D eigenvalue weighted by Gasteiger charge is -2.35. The first-order valence-electron chi connectivity index (χ1n) is 5.52. The van der Waals surface area contributed by atoms with Crippen LogP contribution < -0.4 is 5.32 Å². The predicted molar refractivity (Wildman–Crippen MR) is 69.3 cm³/mol. The van der Waals surface area contributed by atoms with Crippen LogP contribution in [-0.4, -0.2) is 47.9 Å². The number of β-amino-alcohol motifs (C(OH)–C–C–N with tert-alkyl or cyclic N) is 1. The second-order valence-corrected chi connectivity index (χ2v) is 4.94. The third kappa shape index (κ3) is 3.21. The van der Waals surface area contributed by atoms with Crippen molar-refractivity contribution < 1.29 is 9.90 Å². The first-order chi connectivity index (χ1) is 8.19. The summed E-state index contributed by atoms with van der Waals surface area (Å²) >= 11 is 1.61. The first kappa shape index (κ1) is 12.4. The molecule has 0 aliphatic carbocycles. The zero-order valence-corrected chi connectivity index (χ0v) is 10.5. The largest absolute Gasteiger partial charge is 0.390 e. The molecule has 1 heterocycles. The van der Waals surface area contributed by atoms with E-state index in [0.717, 1.165) is 10.6 Å². The number of likely N-dealkylation sites (tertiary alicyclic amines) is 1. The van der Waals surface area contributed by atoms with Gasteiger partial charge < -0.3 is 10.4 Å². The molecule has 0 spiro atoms. The number of hydrogen-bond acceptors (Lipinski definition) is 4. The monoisotopic (exact) mass is 252 g/mol. The van der Waals surface area contributed by atoms with E-state index in [-0.39, 0.29) is 12.0 Å². The second kappa shape index (κ2) is 5.53. The number of anilines is 1. The highest BCUT2D eigenvalue weighted by Gasteiger charge is 2.25. The number of nitrogens with zero attached hydrogens (tertiary/aromatic N) is 1. The van der Waals surface area contributed by atoms with Gasteiger partial charge in [-0.15, -0.1) is 11.8 Å². The first-order valence-corrected chi connectivity index (χ1v) is 6.75. The molecule has 1 amide bonds. The summed E-state index contributed by atoms with van der Waals surface area (Å²) in [7, 11) is 0. The van der Waals surface area contributed by atoms with Gasteiger partial charge in [-0.2, -0.15) is 0 Å². The molecule has 0 saturated carbocycles. The van der Waals surface area contributed by atoms with Crippen molar-refractivity contribution in [2.75, 3.05) is 31.2 Å². The molecular weight excluding hydrogens is 236 g/mol. The van der Waals surface area contributed by atoms with Crippen molar-refractivity contribution in [1.29, 1.82) is 0 Å². The number of aliphatic hydroxyl groups excluding tert-OH is 1. The van der Waals surface area contributed by atoms with Crippen LogP contribution in [0, 0.1) is 0 Å². The van der Waals surface area contributed by atoms with E-state index < -0.39 is 0 Å². The molecular formula is C12H16N2O2S. The number of nitrogens with one attached hydrogen (secondary N) is 1. The lowest BCUT2D eigenvalue weighted by molar-refractivity contribution is -0.119. The van der Waals surface area contributed by atoms with Crippen molar-refractivity contribution in [3.63, 3.8) is 0 Å². The summed E-state index contributed by atoms with van der Waals surface area (Å²) in [5, 5.41) is 12.0. The molecule has 0 bridgehead atoms. The molecule has 5 heteroatoms. The highest BCUT2D eigenvalue weighted by Crippen LogP contribution is 2.24. The van der Waals surface area contributed by atoms with Crippen LogP contribution in [0.5, 0.6) is 0 Å². The smallest absolute Gasteiger partial charge is 0.238 e. The summed E-state index contributed by atoms with van der Waals surface area (Å²) in [5.74, 6) is -0.0293. The maximum absolute atomic E-state index is 11.7. The van der Waals surface area contributed by atoms with Crippen molar-refractivity contribution in [3.8, 4) is 0 Å². The van der Waals surface area contributed by atoms with Gasteiger partial charge in [0.05, 0.1) is 18.3 Å². The van der Waals surface area contributed by atoms with Gasteiger partial charge in [-0.3, -0.25) is 9.69 Å². The molecule has 2 N–H and O–H groups in total. The maximum Gasteiger partial charge on any atom is 0.238 e. The van der Waals surface area contributed by atoms with Crippen molar-refractivity contribution in [2.24, 2.45) is 0 Å². The van der Waals surface area contributed by atoms with Crippen molar-refractivity contribution in [1.82, 2.24) is 4.90 Å². The average molecular weight is 252 g/mol. The van der Waals surface area contributed by atoms with Crippen LogP contribution in [0.3, 0.4) is 0 Å². The lowest BCUT2D eigenvalue weighted by Crippen LogP contribution is -2.53. The number of para-hydroxylation sites is 1. The minimum atomic E-state index is -0.263. The van der Waals surface area contributed by atoms with Gasteiger partial charge in [0.25, 0.3) is 0 Å². The van der Waals surface area contributed by atoms with Crippen LogP contribution >= 0.6 is 11.8 Å². The van der Waals surface area contributed by atoms with Gasteiger partial charge in [0, 0.05) is 18.0 Å². The second-order valence-electron chi connectivity index (χ2n) is 4.10. The maximum atomic E-state index is 11.7. The van der Waals surface area contributed by atoms with Crippen LogP contribution in [0.4, 0.5) is 5.69 Å². The van der Waals surface area contributed by atoms with Crippen molar-refractivity contribution in [2.45, 2.75) is 11.0 Å². The molecule has 0 radical (unpaired) electrons. The Balaban J connectivity index is 1.89. The number of thioether (sulfide) groups is 1. The van der Waals surface area contributed by atoms with Gasteiger partial charge in [-0.25, -0.2) is 0 Å². The number of hydrogen-bond donors (Lipinski definition) is 2. The highest BCUT2D eigenvalue weighted by molar-refractivity contribution is 7.98. The van der Waals surface area contributed by atoms with Crippen LogP contribution in [0.2, 0.25) is 0 Å². The van der Waals surface area contributed by atoms with E-state index in [1.807, 2.05) is 35.4 Å². The third-order valence-electron chi connectivity index (χ3n) is 2.69. The van der Waals surface area contributed by atoms with E-state index in [4.69, 9.17) is 5.11 Å². The van der Waals surface area contributed by atoms with Crippen molar-refractivity contribution in [3.05, 3.63) is 24.3 Å². The van der Waals surface area contributed by atoms with Crippen molar-refractivity contribution >= 4 is 23.4 Å². The number of aliphatic hydroxyl groups is 1. The van der Waals surface area contributed by atoms with Crippen LogP contribution in [0.1, 0.15) is 0 Å². The summed E-state index contributed by atoms with van der Waals surface area (Å²) in [4.78, 5) is 14.7. The van der Waals surface area contributed by atoms with Gasteiger partial charge in [0.1, 0.15) is 0 Å². The number of benzene rings is 1. The minimum Gasteiger partial charge on any atom is -0.390 e. The Bertz CT molecular complexity index is 405. The van der Waals surface area contributed by atoms with Crippen LogP contribution in [-0.2, 0) is 4.79 Å². The highest BCUT2D eigenvalue weighted by atomic mass is 32.2. The summed E-state index contributed by atoms with van der Waals surface area (Å²) in [5.41, 5.74) is 0.853. The van der Waals surface area contributed by atoms with Gasteiger partial charge in [0.15, 0.2) is 0 Å². The lowest BCUT2D eigenvalue weighted by atomic mass is 10.2. The molecule has 17 heavy (non-hydrogen) atoms. The van der Waals surface area contributed by atoms with Crippen LogP contribution in [0.25, 0.3) is 0 Å². The molecule has 92 valence electrons. The molecule has 1 aliphatic rings. The molecule has 1 aliphatic heterocycles. The minimum absolute atomic E-state index is 0.0293. The number of carbonyl (C=O) groups is 1. The van der Waals surface area contributed by atoms with E-state index in [2.05, 4.69) is 5.32 Å². The van der Waals surface area contributed by atoms with E-state index >= 15 is 0 Å². The molecule has 4 nitrogen and oxygen atoms in total. The Morgan fingerprint density at radius 1 is 1.53 bits per heavy atom. The fraction of sp³-hybridized carbons (Fsp3) is 0.417. The Kier molecular flexibility index (Phi) is 4.04.